The molecule has 1 aromatic heterocycles. The molecule has 26 heavy (non-hydrogen) atoms. The lowest BCUT2D eigenvalue weighted by molar-refractivity contribution is 0.0699. The number of hydrogen-bond acceptors (Lipinski definition) is 4. The normalized spacial score (nSPS) is 10.4. The van der Waals surface area contributed by atoms with Crippen LogP contribution in [0.25, 0.3) is 11.1 Å². The van der Waals surface area contributed by atoms with Crippen LogP contribution in [0, 0.1) is 0 Å². The maximum absolute atomic E-state index is 12.4. The van der Waals surface area contributed by atoms with E-state index in [0.717, 1.165) is 10.0 Å². The molecule has 0 saturated carbocycles. The summed E-state index contributed by atoms with van der Waals surface area (Å²) in [6.45, 7) is 0. The van der Waals surface area contributed by atoms with E-state index in [1.807, 2.05) is 24.3 Å². The van der Waals surface area contributed by atoms with Crippen LogP contribution in [0.3, 0.4) is 0 Å². The van der Waals surface area contributed by atoms with Gasteiger partial charge in [-0.1, -0.05) is 28.1 Å². The zero-order chi connectivity index (χ0) is 18.7. The van der Waals surface area contributed by atoms with Gasteiger partial charge in [0.15, 0.2) is 0 Å². The Morgan fingerprint density at radius 1 is 1.08 bits per heavy atom. The zero-order valence-corrected chi connectivity index (χ0v) is 16.1. The van der Waals surface area contributed by atoms with Crippen molar-refractivity contribution in [2.75, 3.05) is 12.4 Å². The minimum atomic E-state index is -1.09. The fourth-order valence-corrected chi connectivity index (χ4v) is 3.64. The number of ether oxygens (including phenoxy) is 1. The number of anilines is 1. The molecule has 3 aromatic rings. The SMILES string of the molecule is COc1ccc(C(=O)Nc2scc(-c3ccc(Br)cc3)c2C(=O)O)cc1. The summed E-state index contributed by atoms with van der Waals surface area (Å²) in [5, 5.41) is 14.4. The Hall–Kier alpha value is -2.64. The van der Waals surface area contributed by atoms with Crippen LogP contribution >= 0.6 is 27.3 Å². The Kier molecular flexibility index (Phi) is 5.39. The summed E-state index contributed by atoms with van der Waals surface area (Å²) in [5.74, 6) is -0.824. The monoisotopic (exact) mass is 431 g/mol. The Bertz CT molecular complexity index is 949. The molecule has 0 unspecified atom stereocenters. The number of hydrogen-bond donors (Lipinski definition) is 2. The third-order valence-electron chi connectivity index (χ3n) is 3.74. The van der Waals surface area contributed by atoms with E-state index in [9.17, 15) is 14.7 Å². The molecular weight excluding hydrogens is 418 g/mol. The molecule has 0 aliphatic rings. The van der Waals surface area contributed by atoms with Gasteiger partial charge in [0.25, 0.3) is 5.91 Å². The third-order valence-corrected chi connectivity index (χ3v) is 5.16. The molecule has 0 bridgehead atoms. The Labute approximate surface area is 162 Å². The van der Waals surface area contributed by atoms with Crippen molar-refractivity contribution in [2.24, 2.45) is 0 Å². The maximum Gasteiger partial charge on any atom is 0.339 e. The minimum absolute atomic E-state index is 0.0826. The van der Waals surface area contributed by atoms with E-state index in [1.165, 1.54) is 11.3 Å². The van der Waals surface area contributed by atoms with E-state index < -0.39 is 5.97 Å². The molecule has 0 spiro atoms. The van der Waals surface area contributed by atoms with Gasteiger partial charge in [0, 0.05) is 21.0 Å². The number of carbonyl (C=O) groups is 2. The quantitative estimate of drug-likeness (QED) is 0.586. The van der Waals surface area contributed by atoms with Gasteiger partial charge in [0.1, 0.15) is 16.3 Å². The molecule has 0 radical (unpaired) electrons. The summed E-state index contributed by atoms with van der Waals surface area (Å²) in [5.41, 5.74) is 1.84. The first-order chi connectivity index (χ1) is 12.5. The first-order valence-electron chi connectivity index (χ1n) is 7.55. The second-order valence-corrected chi connectivity index (χ2v) is 7.14. The van der Waals surface area contributed by atoms with Gasteiger partial charge in [0.05, 0.1) is 7.11 Å². The van der Waals surface area contributed by atoms with Crippen molar-refractivity contribution >= 4 is 44.1 Å². The van der Waals surface area contributed by atoms with Crippen molar-refractivity contribution in [1.82, 2.24) is 0 Å². The molecular formula is C19H14BrNO4S. The molecule has 0 aliphatic carbocycles. The third kappa shape index (κ3) is 3.79. The van der Waals surface area contributed by atoms with Crippen LogP contribution in [0.5, 0.6) is 5.75 Å². The predicted molar refractivity (Wildman–Crippen MR) is 105 cm³/mol. The lowest BCUT2D eigenvalue weighted by atomic mass is 10.0. The van der Waals surface area contributed by atoms with Crippen molar-refractivity contribution in [3.8, 4) is 16.9 Å². The average molecular weight is 432 g/mol. The largest absolute Gasteiger partial charge is 0.497 e. The van der Waals surface area contributed by atoms with Crippen molar-refractivity contribution in [3.63, 3.8) is 0 Å². The molecule has 132 valence electrons. The predicted octanol–water partition coefficient (Wildman–Crippen LogP) is 5.14. The summed E-state index contributed by atoms with van der Waals surface area (Å²) in [6.07, 6.45) is 0. The van der Waals surface area contributed by atoms with Crippen molar-refractivity contribution < 1.29 is 19.4 Å². The highest BCUT2D eigenvalue weighted by atomic mass is 79.9. The maximum atomic E-state index is 12.4. The summed E-state index contributed by atoms with van der Waals surface area (Å²) < 4.78 is 5.97. The summed E-state index contributed by atoms with van der Waals surface area (Å²) in [4.78, 5) is 24.2. The number of amides is 1. The van der Waals surface area contributed by atoms with Crippen molar-refractivity contribution in [2.45, 2.75) is 0 Å². The van der Waals surface area contributed by atoms with E-state index in [-0.39, 0.29) is 11.5 Å². The second-order valence-electron chi connectivity index (χ2n) is 5.35. The van der Waals surface area contributed by atoms with Crippen molar-refractivity contribution in [3.05, 3.63) is 69.5 Å². The lowest BCUT2D eigenvalue weighted by Crippen LogP contribution is -2.13. The molecule has 1 amide bonds. The summed E-state index contributed by atoms with van der Waals surface area (Å²) >= 11 is 4.54. The molecule has 5 nitrogen and oxygen atoms in total. The van der Waals surface area contributed by atoms with E-state index in [2.05, 4.69) is 21.2 Å². The molecule has 0 fully saturated rings. The second kappa shape index (κ2) is 7.72. The highest BCUT2D eigenvalue weighted by Crippen LogP contribution is 2.36. The number of carbonyl (C=O) groups excluding carboxylic acids is 1. The van der Waals surface area contributed by atoms with Crippen LogP contribution in [0.4, 0.5) is 5.00 Å². The number of nitrogens with one attached hydrogen (secondary N) is 1. The Balaban J connectivity index is 1.91. The Morgan fingerprint density at radius 2 is 1.73 bits per heavy atom. The average Bonchev–Trinajstić information content (AvgIpc) is 3.06. The summed E-state index contributed by atoms with van der Waals surface area (Å²) in [6, 6.07) is 13.9. The van der Waals surface area contributed by atoms with Crippen LogP contribution in [0.15, 0.2) is 58.4 Å². The molecule has 0 aliphatic heterocycles. The fourth-order valence-electron chi connectivity index (χ4n) is 2.42. The topological polar surface area (TPSA) is 75.6 Å². The smallest absolute Gasteiger partial charge is 0.339 e. The van der Waals surface area contributed by atoms with Crippen LogP contribution in [0.2, 0.25) is 0 Å². The molecule has 3 rings (SSSR count). The number of methoxy groups -OCH3 is 1. The number of carboxylic acid groups (broad SMARTS) is 1. The number of carboxylic acids is 1. The zero-order valence-electron chi connectivity index (χ0n) is 13.7. The van der Waals surface area contributed by atoms with Crippen molar-refractivity contribution in [1.29, 1.82) is 0 Å². The van der Waals surface area contributed by atoms with E-state index >= 15 is 0 Å². The van der Waals surface area contributed by atoms with Crippen LogP contribution in [0.1, 0.15) is 20.7 Å². The number of aromatic carboxylic acids is 1. The number of benzene rings is 2. The number of halogens is 1. The lowest BCUT2D eigenvalue weighted by Gasteiger charge is -2.07. The molecule has 0 atom stereocenters. The number of rotatable bonds is 5. The Morgan fingerprint density at radius 3 is 2.31 bits per heavy atom. The van der Waals surface area contributed by atoms with E-state index in [4.69, 9.17) is 4.74 Å². The molecule has 2 aromatic carbocycles. The van der Waals surface area contributed by atoms with Crippen LogP contribution in [-0.4, -0.2) is 24.1 Å². The summed E-state index contributed by atoms with van der Waals surface area (Å²) in [7, 11) is 1.55. The standard InChI is InChI=1S/C19H14BrNO4S/c1-25-14-8-4-12(5-9-14)17(22)21-18-16(19(23)24)15(10-26-18)11-2-6-13(20)7-3-11/h2-10H,1H3,(H,21,22)(H,23,24). The van der Waals surface area contributed by atoms with E-state index in [0.29, 0.717) is 21.9 Å². The molecule has 7 heteroatoms. The van der Waals surface area contributed by atoms with Crippen LogP contribution in [-0.2, 0) is 0 Å². The molecule has 1 heterocycles. The van der Waals surface area contributed by atoms with E-state index in [1.54, 1.807) is 36.8 Å². The highest BCUT2D eigenvalue weighted by molar-refractivity contribution is 9.10. The van der Waals surface area contributed by atoms with Gasteiger partial charge in [-0.3, -0.25) is 4.79 Å². The van der Waals surface area contributed by atoms with Gasteiger partial charge < -0.3 is 15.2 Å². The first kappa shape index (κ1) is 18.2. The van der Waals surface area contributed by atoms with Gasteiger partial charge >= 0.3 is 5.97 Å². The van der Waals surface area contributed by atoms with Gasteiger partial charge in [0.2, 0.25) is 0 Å². The van der Waals surface area contributed by atoms with Gasteiger partial charge in [-0.15, -0.1) is 11.3 Å². The highest BCUT2D eigenvalue weighted by Gasteiger charge is 2.21. The molecule has 2 N–H and O–H groups in total. The van der Waals surface area contributed by atoms with Crippen LogP contribution < -0.4 is 10.1 Å². The number of thiophene rings is 1. The first-order valence-corrected chi connectivity index (χ1v) is 9.23. The molecule has 0 saturated heterocycles. The van der Waals surface area contributed by atoms with Gasteiger partial charge in [-0.2, -0.15) is 0 Å². The van der Waals surface area contributed by atoms with Gasteiger partial charge in [-0.05, 0) is 42.0 Å². The van der Waals surface area contributed by atoms with Gasteiger partial charge in [-0.25, -0.2) is 4.79 Å². The fraction of sp³-hybridized carbons (Fsp3) is 0.0526. The minimum Gasteiger partial charge on any atom is -0.497 e.